The third-order valence-electron chi connectivity index (χ3n) is 5.78. The number of ketones is 1. The number of allylic oxidation sites excluding steroid dienone is 1. The molecule has 0 radical (unpaired) electrons. The molecule has 1 aromatic heterocycles. The van der Waals surface area contributed by atoms with Crippen molar-refractivity contribution in [3.63, 3.8) is 0 Å². The average molecular weight is 425 g/mol. The Bertz CT molecular complexity index is 1380. The van der Waals surface area contributed by atoms with Gasteiger partial charge < -0.3 is 18.8 Å². The first-order chi connectivity index (χ1) is 15.5. The van der Waals surface area contributed by atoms with Gasteiger partial charge >= 0.3 is 0 Å². The molecule has 32 heavy (non-hydrogen) atoms. The maximum atomic E-state index is 13.0. The van der Waals surface area contributed by atoms with E-state index in [9.17, 15) is 4.79 Å². The zero-order valence-corrected chi connectivity index (χ0v) is 18.2. The van der Waals surface area contributed by atoms with Crippen LogP contribution in [-0.4, -0.2) is 17.5 Å². The Kier molecular flexibility index (Phi) is 4.94. The average Bonchev–Trinajstić information content (AvgIpc) is 3.31. The second-order valence-electron chi connectivity index (χ2n) is 7.86. The maximum Gasteiger partial charge on any atom is 0.231 e. The van der Waals surface area contributed by atoms with E-state index in [0.717, 1.165) is 33.3 Å². The molecule has 0 spiro atoms. The number of nitrogens with zero attached hydrogens (tertiary/aromatic N) is 1. The van der Waals surface area contributed by atoms with E-state index in [4.69, 9.17) is 14.2 Å². The van der Waals surface area contributed by atoms with Crippen LogP contribution < -0.4 is 14.2 Å². The van der Waals surface area contributed by atoms with Gasteiger partial charge in [-0.3, -0.25) is 4.79 Å². The van der Waals surface area contributed by atoms with Gasteiger partial charge in [0.25, 0.3) is 0 Å². The molecule has 0 unspecified atom stereocenters. The topological polar surface area (TPSA) is 49.7 Å². The molecule has 0 N–H and O–H groups in total. The Balaban J connectivity index is 1.42. The van der Waals surface area contributed by atoms with Crippen molar-refractivity contribution in [1.29, 1.82) is 0 Å². The second-order valence-corrected chi connectivity index (χ2v) is 7.86. The highest BCUT2D eigenvalue weighted by Gasteiger charge is 2.30. The van der Waals surface area contributed by atoms with Gasteiger partial charge in [-0.15, -0.1) is 0 Å². The molecule has 0 saturated heterocycles. The zero-order chi connectivity index (χ0) is 22.2. The second kappa shape index (κ2) is 7.93. The molecule has 1 aliphatic rings. The van der Waals surface area contributed by atoms with Gasteiger partial charge in [0.05, 0.1) is 12.7 Å². The van der Waals surface area contributed by atoms with Crippen LogP contribution in [0, 0.1) is 6.92 Å². The molecule has 0 bridgehead atoms. The van der Waals surface area contributed by atoms with Gasteiger partial charge in [0, 0.05) is 35.3 Å². The highest BCUT2D eigenvalue weighted by molar-refractivity contribution is 6.15. The summed E-state index contributed by atoms with van der Waals surface area (Å²) in [6, 6.07) is 19.4. The number of rotatable bonds is 5. The molecule has 0 saturated carbocycles. The molecule has 3 aromatic carbocycles. The monoisotopic (exact) mass is 425 g/mol. The molecule has 160 valence electrons. The molecule has 5 nitrogen and oxygen atoms in total. The molecule has 0 aliphatic carbocycles. The minimum Gasteiger partial charge on any atom is -0.497 e. The summed E-state index contributed by atoms with van der Waals surface area (Å²) in [5.41, 5.74) is 4.42. The normalized spacial score (nSPS) is 14.0. The Morgan fingerprint density at radius 2 is 1.91 bits per heavy atom. The summed E-state index contributed by atoms with van der Waals surface area (Å²) < 4.78 is 19.4. The van der Waals surface area contributed by atoms with Crippen LogP contribution in [0.2, 0.25) is 0 Å². The van der Waals surface area contributed by atoms with Crippen LogP contribution in [0.4, 0.5) is 0 Å². The minimum absolute atomic E-state index is 0.115. The Morgan fingerprint density at radius 1 is 1.06 bits per heavy atom. The number of benzene rings is 3. The summed E-state index contributed by atoms with van der Waals surface area (Å²) in [5.74, 6) is 2.24. The van der Waals surface area contributed by atoms with E-state index in [1.54, 1.807) is 13.2 Å². The molecule has 0 atom stereocenters. The zero-order valence-electron chi connectivity index (χ0n) is 18.2. The van der Waals surface area contributed by atoms with E-state index in [0.29, 0.717) is 29.4 Å². The van der Waals surface area contributed by atoms with Crippen molar-refractivity contribution in [2.45, 2.75) is 13.5 Å². The highest BCUT2D eigenvalue weighted by atomic mass is 16.5. The van der Waals surface area contributed by atoms with Crippen molar-refractivity contribution in [1.82, 2.24) is 4.57 Å². The van der Waals surface area contributed by atoms with Crippen LogP contribution in [0.15, 0.2) is 72.6 Å². The first-order valence-electron chi connectivity index (χ1n) is 10.4. The number of ether oxygens (including phenoxy) is 3. The van der Waals surface area contributed by atoms with Crippen molar-refractivity contribution in [3.8, 4) is 17.2 Å². The van der Waals surface area contributed by atoms with Crippen molar-refractivity contribution >= 4 is 22.8 Å². The molecule has 4 aromatic rings. The van der Waals surface area contributed by atoms with E-state index >= 15 is 0 Å². The van der Waals surface area contributed by atoms with E-state index in [1.165, 1.54) is 0 Å². The van der Waals surface area contributed by atoms with Crippen LogP contribution in [0.3, 0.4) is 0 Å². The molecule has 1 aliphatic heterocycles. The molecule has 5 heteroatoms. The molecule has 0 fully saturated rings. The van der Waals surface area contributed by atoms with Gasteiger partial charge in [0.15, 0.2) is 5.76 Å². The first kappa shape index (κ1) is 19.9. The minimum atomic E-state index is -0.115. The van der Waals surface area contributed by atoms with Crippen molar-refractivity contribution in [2.24, 2.45) is 7.05 Å². The lowest BCUT2D eigenvalue weighted by Crippen LogP contribution is -1.99. The van der Waals surface area contributed by atoms with Crippen LogP contribution in [0.1, 0.15) is 27.0 Å². The number of hydrogen-bond donors (Lipinski definition) is 0. The van der Waals surface area contributed by atoms with Gasteiger partial charge in [-0.05, 0) is 48.9 Å². The number of hydrogen-bond acceptors (Lipinski definition) is 4. The van der Waals surface area contributed by atoms with Gasteiger partial charge in [-0.25, -0.2) is 0 Å². The van der Waals surface area contributed by atoms with E-state index in [1.807, 2.05) is 79.3 Å². The fourth-order valence-corrected chi connectivity index (χ4v) is 4.08. The van der Waals surface area contributed by atoms with Crippen molar-refractivity contribution in [2.75, 3.05) is 7.11 Å². The third-order valence-corrected chi connectivity index (χ3v) is 5.78. The Labute approximate surface area is 186 Å². The smallest absolute Gasteiger partial charge is 0.231 e. The summed E-state index contributed by atoms with van der Waals surface area (Å²) in [4.78, 5) is 13.0. The van der Waals surface area contributed by atoms with E-state index < -0.39 is 0 Å². The molecule has 5 rings (SSSR count). The number of aryl methyl sites for hydroxylation is 1. The predicted molar refractivity (Wildman–Crippen MR) is 124 cm³/mol. The quantitative estimate of drug-likeness (QED) is 0.386. The molecular weight excluding hydrogens is 402 g/mol. The number of fused-ring (bicyclic) bond motifs is 2. The van der Waals surface area contributed by atoms with Gasteiger partial charge in [0.1, 0.15) is 23.9 Å². The summed E-state index contributed by atoms with van der Waals surface area (Å²) >= 11 is 0. The van der Waals surface area contributed by atoms with Gasteiger partial charge in [-0.2, -0.15) is 0 Å². The Morgan fingerprint density at radius 3 is 2.75 bits per heavy atom. The van der Waals surface area contributed by atoms with E-state index in [2.05, 4.69) is 6.07 Å². The third kappa shape index (κ3) is 3.42. The number of carbonyl (C=O) groups is 1. The number of aromatic nitrogens is 1. The number of methoxy groups -OCH3 is 1. The summed E-state index contributed by atoms with van der Waals surface area (Å²) in [6.07, 6.45) is 3.83. The lowest BCUT2D eigenvalue weighted by atomic mass is 10.1. The van der Waals surface area contributed by atoms with Crippen molar-refractivity contribution in [3.05, 3.63) is 94.9 Å². The fraction of sp³-hybridized carbons (Fsp3) is 0.148. The van der Waals surface area contributed by atoms with Gasteiger partial charge in [0.2, 0.25) is 5.78 Å². The van der Waals surface area contributed by atoms with Gasteiger partial charge in [-0.1, -0.05) is 30.3 Å². The summed E-state index contributed by atoms with van der Waals surface area (Å²) in [7, 11) is 3.63. The first-order valence-corrected chi connectivity index (χ1v) is 10.4. The standard InChI is InChI=1S/C27H23NO4/c1-17-24(31-16-18-7-6-8-20(13-18)30-3)12-11-22-26(29)25(32-27(17)22)14-19-15-28(2)23-10-5-4-9-21(19)23/h4-15H,16H2,1-3H3/b25-14-. The highest BCUT2D eigenvalue weighted by Crippen LogP contribution is 2.40. The summed E-state index contributed by atoms with van der Waals surface area (Å²) in [6.45, 7) is 2.30. The fourth-order valence-electron chi connectivity index (χ4n) is 4.08. The van der Waals surface area contributed by atoms with Crippen molar-refractivity contribution < 1.29 is 19.0 Å². The lowest BCUT2D eigenvalue weighted by molar-refractivity contribution is 0.101. The SMILES string of the molecule is COc1cccc(COc2ccc3c(c2C)O/C(=C\c2cn(C)c4ccccc24)C3=O)c1. The molecule has 0 amide bonds. The molecule has 2 heterocycles. The lowest BCUT2D eigenvalue weighted by Gasteiger charge is -2.12. The maximum absolute atomic E-state index is 13.0. The number of para-hydroxylation sites is 1. The van der Waals surface area contributed by atoms with Crippen LogP contribution in [-0.2, 0) is 13.7 Å². The number of Topliss-reactive ketones (excluding diaryl/α,β-unsaturated/α-hetero) is 1. The largest absolute Gasteiger partial charge is 0.497 e. The predicted octanol–water partition coefficient (Wildman–Crippen LogP) is 5.69. The van der Waals surface area contributed by atoms with Crippen LogP contribution in [0.25, 0.3) is 17.0 Å². The molecular formula is C27H23NO4. The van der Waals surface area contributed by atoms with E-state index in [-0.39, 0.29) is 5.78 Å². The number of carbonyl (C=O) groups excluding carboxylic acids is 1. The van der Waals surface area contributed by atoms with Crippen LogP contribution in [0.5, 0.6) is 17.2 Å². The summed E-state index contributed by atoms with van der Waals surface area (Å²) in [5, 5.41) is 1.08. The van der Waals surface area contributed by atoms with Crippen LogP contribution >= 0.6 is 0 Å². The Hall–Kier alpha value is -3.99.